The van der Waals surface area contributed by atoms with Crippen LogP contribution in [0.25, 0.3) is 11.1 Å². The van der Waals surface area contributed by atoms with Gasteiger partial charge < -0.3 is 24.4 Å². The Bertz CT molecular complexity index is 1240. The molecule has 0 fully saturated rings. The van der Waals surface area contributed by atoms with Crippen LogP contribution in [-0.2, 0) is 22.5 Å². The summed E-state index contributed by atoms with van der Waals surface area (Å²) in [7, 11) is 7.26. The summed E-state index contributed by atoms with van der Waals surface area (Å²) in [6.07, 6.45) is 0.211. The van der Waals surface area contributed by atoms with Crippen molar-refractivity contribution in [3.63, 3.8) is 0 Å². The summed E-state index contributed by atoms with van der Waals surface area (Å²) < 4.78 is 16.6. The average molecular weight is 596 g/mol. The molecule has 0 unspecified atom stereocenters. The fourth-order valence-electron chi connectivity index (χ4n) is 4.13. The Balaban J connectivity index is 0.00000533. The van der Waals surface area contributed by atoms with Crippen LogP contribution in [0.5, 0.6) is 11.5 Å². The molecule has 10 heteroatoms. The molecule has 0 saturated heterocycles. The molecule has 0 bridgehead atoms. The number of ether oxygens (including phenoxy) is 3. The molecule has 0 aliphatic rings. The number of hydrogen-bond donors (Lipinski definition) is 1. The first-order chi connectivity index (χ1) is 18.2. The summed E-state index contributed by atoms with van der Waals surface area (Å²) in [5.74, 6) is 0.292. The van der Waals surface area contributed by atoms with Crippen molar-refractivity contribution >= 4 is 47.5 Å². The van der Waals surface area contributed by atoms with E-state index in [9.17, 15) is 9.59 Å². The first kappa shape index (κ1) is 32.2. The van der Waals surface area contributed by atoms with Crippen molar-refractivity contribution in [1.82, 2.24) is 10.2 Å². The molecule has 39 heavy (non-hydrogen) atoms. The zero-order valence-electron chi connectivity index (χ0n) is 22.5. The minimum absolute atomic E-state index is 0. The molecule has 0 aliphatic carbocycles. The van der Waals surface area contributed by atoms with E-state index in [1.165, 1.54) is 0 Å². The summed E-state index contributed by atoms with van der Waals surface area (Å²) >= 11 is 12.4. The minimum atomic E-state index is -0.935. The van der Waals surface area contributed by atoms with Crippen LogP contribution in [0.15, 0.2) is 54.6 Å². The van der Waals surface area contributed by atoms with Crippen LogP contribution in [0.1, 0.15) is 28.4 Å². The second-order valence-corrected chi connectivity index (χ2v) is 9.70. The number of amides is 1. The summed E-state index contributed by atoms with van der Waals surface area (Å²) in [5, 5.41) is 3.12. The van der Waals surface area contributed by atoms with Crippen LogP contribution >= 0.6 is 35.6 Å². The first-order valence-corrected chi connectivity index (χ1v) is 12.8. The van der Waals surface area contributed by atoms with Crippen molar-refractivity contribution < 1.29 is 23.8 Å². The molecule has 0 saturated carbocycles. The van der Waals surface area contributed by atoms with Crippen LogP contribution < -0.4 is 14.8 Å². The van der Waals surface area contributed by atoms with Crippen molar-refractivity contribution in [1.29, 1.82) is 0 Å². The van der Waals surface area contributed by atoms with Gasteiger partial charge in [0.1, 0.15) is 17.5 Å². The van der Waals surface area contributed by atoms with Gasteiger partial charge in [-0.3, -0.25) is 4.79 Å². The van der Waals surface area contributed by atoms with Crippen molar-refractivity contribution in [2.45, 2.75) is 25.9 Å². The van der Waals surface area contributed by atoms with Gasteiger partial charge in [0.2, 0.25) is 0 Å². The molecule has 3 rings (SSSR count). The molecule has 0 heterocycles. The third kappa shape index (κ3) is 8.26. The van der Waals surface area contributed by atoms with Gasteiger partial charge in [-0.25, -0.2) is 4.79 Å². The molecule has 3 aromatic carbocycles. The van der Waals surface area contributed by atoms with Crippen molar-refractivity contribution in [3.8, 4) is 22.6 Å². The maximum atomic E-state index is 13.0. The van der Waals surface area contributed by atoms with Gasteiger partial charge in [-0.15, -0.1) is 12.4 Å². The van der Waals surface area contributed by atoms with Crippen LogP contribution in [0, 0.1) is 0 Å². The fraction of sp³-hybridized carbons (Fsp3) is 0.310. The van der Waals surface area contributed by atoms with Gasteiger partial charge in [0.25, 0.3) is 5.91 Å². The van der Waals surface area contributed by atoms with Gasteiger partial charge in [0.05, 0.1) is 42.0 Å². The van der Waals surface area contributed by atoms with E-state index in [1.807, 2.05) is 50.5 Å². The summed E-state index contributed by atoms with van der Waals surface area (Å²) in [4.78, 5) is 27.7. The zero-order valence-corrected chi connectivity index (χ0v) is 24.9. The lowest BCUT2D eigenvalue weighted by Crippen LogP contribution is -2.43. The molecule has 210 valence electrons. The molecule has 7 nitrogen and oxygen atoms in total. The second-order valence-electron chi connectivity index (χ2n) is 8.89. The van der Waals surface area contributed by atoms with Gasteiger partial charge in [-0.05, 0) is 62.0 Å². The van der Waals surface area contributed by atoms with E-state index in [0.717, 1.165) is 28.8 Å². The van der Waals surface area contributed by atoms with Crippen molar-refractivity contribution in [2.24, 2.45) is 0 Å². The Morgan fingerprint density at radius 3 is 1.97 bits per heavy atom. The number of nitrogens with zero attached hydrogens (tertiary/aromatic N) is 1. The van der Waals surface area contributed by atoms with Gasteiger partial charge in [0.15, 0.2) is 0 Å². The average Bonchev–Trinajstić information content (AvgIpc) is 2.88. The van der Waals surface area contributed by atoms with E-state index in [4.69, 9.17) is 37.4 Å². The van der Waals surface area contributed by atoms with Crippen LogP contribution in [0.4, 0.5) is 0 Å². The van der Waals surface area contributed by atoms with Crippen LogP contribution in [0.3, 0.4) is 0 Å². The smallest absolute Gasteiger partial charge is 0.328 e. The summed E-state index contributed by atoms with van der Waals surface area (Å²) in [6.45, 7) is 2.63. The number of benzene rings is 3. The molecule has 3 aromatic rings. The Labute approximate surface area is 245 Å². The largest absolute Gasteiger partial charge is 0.496 e. The lowest BCUT2D eigenvalue weighted by Gasteiger charge is -2.19. The van der Waals surface area contributed by atoms with Gasteiger partial charge in [-0.2, -0.15) is 0 Å². The van der Waals surface area contributed by atoms with Crippen LogP contribution in [-0.4, -0.2) is 57.7 Å². The van der Waals surface area contributed by atoms with E-state index in [1.54, 1.807) is 39.3 Å². The monoisotopic (exact) mass is 594 g/mol. The Hall–Kier alpha value is -2.97. The second kappa shape index (κ2) is 15.0. The topological polar surface area (TPSA) is 77.1 Å². The lowest BCUT2D eigenvalue weighted by atomic mass is 9.97. The number of rotatable bonds is 11. The maximum absolute atomic E-state index is 13.0. The number of carbonyl (C=O) groups is 2. The first-order valence-electron chi connectivity index (χ1n) is 12.1. The summed E-state index contributed by atoms with van der Waals surface area (Å²) in [6, 6.07) is 15.5. The Kier molecular flexibility index (Phi) is 12.4. The third-order valence-electron chi connectivity index (χ3n) is 5.81. The molecular formula is C29H33Cl3N2O5. The number of nitrogens with one attached hydrogen (secondary N) is 1. The van der Waals surface area contributed by atoms with E-state index >= 15 is 0 Å². The van der Waals surface area contributed by atoms with Gasteiger partial charge >= 0.3 is 5.97 Å². The number of halogens is 3. The zero-order chi connectivity index (χ0) is 27.8. The van der Waals surface area contributed by atoms with E-state index in [0.29, 0.717) is 11.5 Å². The maximum Gasteiger partial charge on any atom is 0.328 e. The highest BCUT2D eigenvalue weighted by Crippen LogP contribution is 2.40. The lowest BCUT2D eigenvalue weighted by molar-refractivity contribution is -0.145. The highest BCUT2D eigenvalue weighted by molar-refractivity contribution is 6.39. The normalized spacial score (nSPS) is 11.4. The number of hydrogen-bond acceptors (Lipinski definition) is 6. The SMILES string of the molecule is CCOC(=O)[C@H](Cc1ccc(-c2c(OC)cc(CN(C)C)cc2OC)cc1)NC(=O)c1c(Cl)cccc1Cl.Cl. The molecule has 0 spiro atoms. The molecule has 1 atom stereocenters. The molecule has 1 amide bonds. The molecule has 0 aromatic heterocycles. The molecule has 0 radical (unpaired) electrons. The Morgan fingerprint density at radius 1 is 0.923 bits per heavy atom. The standard InChI is InChI=1S/C29H32Cl2N2O5.ClH/c1-6-38-29(35)23(32-28(34)27-21(30)8-7-9-22(27)31)14-18-10-12-20(13-11-18)26-24(36-4)15-19(17-33(2)3)16-25(26)37-5;/h7-13,15-16,23H,6,14,17H2,1-5H3,(H,32,34);1H/t23-;/m0./s1. The minimum Gasteiger partial charge on any atom is -0.496 e. The van der Waals surface area contributed by atoms with Gasteiger partial charge in [0, 0.05) is 13.0 Å². The number of methoxy groups -OCH3 is 2. The van der Waals surface area contributed by atoms with Crippen molar-refractivity contribution in [2.75, 3.05) is 34.9 Å². The van der Waals surface area contributed by atoms with Gasteiger partial charge in [-0.1, -0.05) is 53.5 Å². The third-order valence-corrected chi connectivity index (χ3v) is 6.44. The quantitative estimate of drug-likeness (QED) is 0.271. The highest BCUT2D eigenvalue weighted by Gasteiger charge is 2.25. The fourth-order valence-corrected chi connectivity index (χ4v) is 4.70. The molecular weight excluding hydrogens is 563 g/mol. The van der Waals surface area contributed by atoms with E-state index in [-0.39, 0.29) is 41.0 Å². The predicted molar refractivity (Wildman–Crippen MR) is 158 cm³/mol. The Morgan fingerprint density at radius 2 is 1.49 bits per heavy atom. The predicted octanol–water partition coefficient (Wildman–Crippen LogP) is 6.07. The van der Waals surface area contributed by atoms with E-state index < -0.39 is 17.9 Å². The van der Waals surface area contributed by atoms with Crippen molar-refractivity contribution in [3.05, 3.63) is 81.3 Å². The van der Waals surface area contributed by atoms with Crippen LogP contribution in [0.2, 0.25) is 10.0 Å². The number of carbonyl (C=O) groups excluding carboxylic acids is 2. The number of esters is 1. The molecule has 1 N–H and O–H groups in total. The summed E-state index contributed by atoms with van der Waals surface area (Å²) in [5.41, 5.74) is 3.71. The van der Waals surface area contributed by atoms with E-state index in [2.05, 4.69) is 10.2 Å². The highest BCUT2D eigenvalue weighted by atomic mass is 35.5. The molecule has 0 aliphatic heterocycles.